The van der Waals surface area contributed by atoms with E-state index < -0.39 is 77.9 Å². The number of esters is 3. The van der Waals surface area contributed by atoms with E-state index in [-0.39, 0.29) is 69.0 Å². The Balaban J connectivity index is 3.27. The minimum atomic E-state index is -4.65. The summed E-state index contributed by atoms with van der Waals surface area (Å²) >= 11 is 0. The van der Waals surface area contributed by atoms with Crippen molar-refractivity contribution in [3.63, 3.8) is 0 Å². The Morgan fingerprint density at radius 2 is 1.46 bits per heavy atom. The molecule has 0 heterocycles. The van der Waals surface area contributed by atoms with E-state index in [4.69, 9.17) is 37.8 Å². The van der Waals surface area contributed by atoms with Crippen molar-refractivity contribution in [2.75, 3.05) is 67.8 Å². The molecule has 0 spiro atoms. The van der Waals surface area contributed by atoms with Gasteiger partial charge in [0.1, 0.15) is 25.9 Å². The van der Waals surface area contributed by atoms with Gasteiger partial charge in [0.05, 0.1) is 80.9 Å². The fourth-order valence-corrected chi connectivity index (χ4v) is 6.65. The van der Waals surface area contributed by atoms with Crippen LogP contribution in [0, 0.1) is 26.4 Å². The number of carboxylic acids is 1. The summed E-state index contributed by atoms with van der Waals surface area (Å²) in [6.45, 7) is 10.8. The number of benzene rings is 1. The number of quaternary nitrogens is 1. The fraction of sp³-hybridized carbons (Fsp3) is 0.737. The molecule has 4 unspecified atom stereocenters. The number of likely N-dealkylation sites (N-methyl/N-ethyl adjacent to an activating group) is 1. The van der Waals surface area contributed by atoms with Gasteiger partial charge in [-0.15, -0.1) is 0 Å². The van der Waals surface area contributed by atoms with Crippen molar-refractivity contribution in [2.45, 2.75) is 99.5 Å². The second-order valence-electron chi connectivity index (χ2n) is 16.2. The Bertz CT molecular complexity index is 1580. The number of rotatable bonds is 28. The van der Waals surface area contributed by atoms with E-state index in [1.807, 2.05) is 28.1 Å². The van der Waals surface area contributed by atoms with Crippen LogP contribution in [0.25, 0.3) is 0 Å². The van der Waals surface area contributed by atoms with E-state index in [2.05, 4.69) is 0 Å². The summed E-state index contributed by atoms with van der Waals surface area (Å²) in [6, 6.07) is 2.43. The number of nitro benzene ring substituents is 1. The molecule has 57 heavy (non-hydrogen) atoms. The van der Waals surface area contributed by atoms with Crippen LogP contribution >= 0.6 is 7.82 Å². The SMILES string of the molecule is CCCCOC(=O)C(C)(CC(C)(C)C(=O)OC(C)c1cc(OC)c(OCCCC(=O)O)cc1[N+](=O)[O-])CC(C)(CC)C(=O)OCCOP(=O)([O-])OCC[N+](C)(C)C. The van der Waals surface area contributed by atoms with Crippen LogP contribution in [0.5, 0.6) is 11.5 Å². The summed E-state index contributed by atoms with van der Waals surface area (Å²) in [5, 5.41) is 21.0. The van der Waals surface area contributed by atoms with E-state index in [1.165, 1.54) is 20.1 Å². The van der Waals surface area contributed by atoms with E-state index >= 15 is 0 Å². The molecule has 19 heteroatoms. The number of phosphoric acid groups is 1. The van der Waals surface area contributed by atoms with Crippen LogP contribution < -0.4 is 14.4 Å². The number of nitrogens with zero attached hydrogens (tertiary/aromatic N) is 2. The van der Waals surface area contributed by atoms with Gasteiger partial charge in [-0.25, -0.2) is 0 Å². The molecule has 0 aromatic heterocycles. The van der Waals surface area contributed by atoms with Crippen molar-refractivity contribution in [3.8, 4) is 11.5 Å². The number of nitro groups is 1. The lowest BCUT2D eigenvalue weighted by Gasteiger charge is -2.39. The maximum Gasteiger partial charge on any atom is 0.312 e. The average Bonchev–Trinajstić information content (AvgIpc) is 3.10. The number of methoxy groups -OCH3 is 1. The van der Waals surface area contributed by atoms with Crippen molar-refractivity contribution < 1.29 is 75.9 Å². The molecule has 0 radical (unpaired) electrons. The number of hydrogen-bond donors (Lipinski definition) is 1. The van der Waals surface area contributed by atoms with Gasteiger partial charge in [0.25, 0.3) is 13.5 Å². The maximum atomic E-state index is 13.9. The highest BCUT2D eigenvalue weighted by Crippen LogP contribution is 2.47. The van der Waals surface area contributed by atoms with Gasteiger partial charge in [-0.1, -0.05) is 20.3 Å². The molecule has 0 aliphatic rings. The number of hydrogen-bond acceptors (Lipinski definition) is 15. The largest absolute Gasteiger partial charge is 0.756 e. The molecule has 1 N–H and O–H groups in total. The molecule has 1 aromatic carbocycles. The molecule has 0 aliphatic carbocycles. The van der Waals surface area contributed by atoms with Gasteiger partial charge in [0, 0.05) is 6.42 Å². The highest BCUT2D eigenvalue weighted by Gasteiger charge is 2.50. The van der Waals surface area contributed by atoms with Crippen LogP contribution in [0.15, 0.2) is 12.1 Å². The molecule has 4 atom stereocenters. The minimum Gasteiger partial charge on any atom is -0.756 e. The first-order chi connectivity index (χ1) is 26.3. The lowest BCUT2D eigenvalue weighted by molar-refractivity contribution is -0.870. The molecule has 0 saturated carbocycles. The van der Waals surface area contributed by atoms with Crippen molar-refractivity contribution in [1.82, 2.24) is 0 Å². The Labute approximate surface area is 335 Å². The molecule has 0 aliphatic heterocycles. The number of aliphatic carboxylic acids is 1. The third kappa shape index (κ3) is 17.3. The van der Waals surface area contributed by atoms with Crippen LogP contribution in [0.4, 0.5) is 5.69 Å². The quantitative estimate of drug-likeness (QED) is 0.0200. The summed E-state index contributed by atoms with van der Waals surface area (Å²) < 4.78 is 50.2. The van der Waals surface area contributed by atoms with Gasteiger partial charge < -0.3 is 47.2 Å². The molecular formula is C38H63N2O16P. The molecule has 1 rings (SSSR count). The van der Waals surface area contributed by atoms with Gasteiger partial charge in [-0.3, -0.25) is 33.9 Å². The molecule has 0 saturated heterocycles. The molecule has 326 valence electrons. The summed E-state index contributed by atoms with van der Waals surface area (Å²) in [5.74, 6) is -3.10. The van der Waals surface area contributed by atoms with Crippen LogP contribution in [-0.2, 0) is 47.0 Å². The molecule has 1 aromatic rings. The van der Waals surface area contributed by atoms with E-state index in [0.717, 1.165) is 12.5 Å². The Morgan fingerprint density at radius 3 is 2.00 bits per heavy atom. The fourth-order valence-electron chi connectivity index (χ4n) is 5.97. The van der Waals surface area contributed by atoms with Crippen LogP contribution in [0.2, 0.25) is 0 Å². The number of unbranched alkanes of at least 4 members (excludes halogenated alkanes) is 1. The third-order valence-corrected chi connectivity index (χ3v) is 10.3. The zero-order valence-corrected chi connectivity index (χ0v) is 36.2. The lowest BCUT2D eigenvalue weighted by Crippen LogP contribution is -2.44. The van der Waals surface area contributed by atoms with E-state index in [1.54, 1.807) is 34.6 Å². The van der Waals surface area contributed by atoms with Gasteiger partial charge >= 0.3 is 23.9 Å². The van der Waals surface area contributed by atoms with Gasteiger partial charge in [0.2, 0.25) is 0 Å². The molecular weight excluding hydrogens is 771 g/mol. The second kappa shape index (κ2) is 22.4. The number of carboxylic acid groups (broad SMARTS) is 1. The van der Waals surface area contributed by atoms with Gasteiger partial charge in [-0.05, 0) is 72.8 Å². The number of carbonyl (C=O) groups excluding carboxylic acids is 3. The van der Waals surface area contributed by atoms with E-state index in [0.29, 0.717) is 17.4 Å². The van der Waals surface area contributed by atoms with Crippen molar-refractivity contribution >= 4 is 37.4 Å². The van der Waals surface area contributed by atoms with Crippen molar-refractivity contribution in [2.24, 2.45) is 16.2 Å². The summed E-state index contributed by atoms with van der Waals surface area (Å²) in [5.41, 5.74) is -4.61. The topological polar surface area (TPSA) is 236 Å². The zero-order chi connectivity index (χ0) is 43.8. The summed E-state index contributed by atoms with van der Waals surface area (Å²) in [6.07, 6.45) is 0.0310. The number of ether oxygens (including phenoxy) is 5. The molecule has 0 fully saturated rings. The Hall–Kier alpha value is -3.83. The standard InChI is InChI=1S/C38H63N2O16P/c1-12-14-18-52-35(45)38(7,26-37(6,13-2)34(44)53-21-22-55-57(48,49)54-20-17-40(8,9)10)25-36(4,5)33(43)56-27(3)28-23-30(50-11)31(24-29(28)39(46)47)51-19-15-16-32(41)42/h23-24,27H,12-22,25-26H2,1-11H3,(H-,41,42,48,49). The normalized spacial score (nSPS) is 15.6. The summed E-state index contributed by atoms with van der Waals surface area (Å²) in [7, 11) is 2.28. The van der Waals surface area contributed by atoms with Crippen LogP contribution in [-0.4, -0.2) is 106 Å². The Kier molecular flexibility index (Phi) is 20.1. The number of phosphoric ester groups is 1. The first kappa shape index (κ1) is 51.2. The molecule has 18 nitrogen and oxygen atoms in total. The van der Waals surface area contributed by atoms with E-state index in [9.17, 15) is 38.8 Å². The first-order valence-electron chi connectivity index (χ1n) is 18.9. The molecule has 0 bridgehead atoms. The monoisotopic (exact) mass is 834 g/mol. The van der Waals surface area contributed by atoms with Crippen LogP contribution in [0.3, 0.4) is 0 Å². The predicted octanol–water partition coefficient (Wildman–Crippen LogP) is 5.77. The maximum absolute atomic E-state index is 13.9. The Morgan fingerprint density at radius 1 is 0.860 bits per heavy atom. The average molecular weight is 835 g/mol. The highest BCUT2D eigenvalue weighted by molar-refractivity contribution is 7.45. The minimum absolute atomic E-state index is 0.00467. The lowest BCUT2D eigenvalue weighted by atomic mass is 9.65. The second-order valence-corrected chi connectivity index (χ2v) is 17.6. The summed E-state index contributed by atoms with van der Waals surface area (Å²) in [4.78, 5) is 75.7. The predicted molar refractivity (Wildman–Crippen MR) is 205 cm³/mol. The van der Waals surface area contributed by atoms with Gasteiger partial charge in [-0.2, -0.15) is 0 Å². The van der Waals surface area contributed by atoms with Crippen molar-refractivity contribution in [3.05, 3.63) is 27.8 Å². The number of carbonyl (C=O) groups is 4. The highest BCUT2D eigenvalue weighted by atomic mass is 31.2. The first-order valence-corrected chi connectivity index (χ1v) is 20.4. The van der Waals surface area contributed by atoms with Crippen molar-refractivity contribution in [1.29, 1.82) is 0 Å². The third-order valence-electron chi connectivity index (χ3n) is 9.26. The molecule has 0 amide bonds. The smallest absolute Gasteiger partial charge is 0.312 e. The van der Waals surface area contributed by atoms with Gasteiger partial charge in [0.15, 0.2) is 11.5 Å². The van der Waals surface area contributed by atoms with Crippen LogP contribution in [0.1, 0.15) is 105 Å². The zero-order valence-electron chi connectivity index (χ0n) is 35.3.